The van der Waals surface area contributed by atoms with Gasteiger partial charge >= 0.3 is 5.97 Å². The number of rotatable bonds is 4. The molecular weight excluding hydrogens is 290 g/mol. The van der Waals surface area contributed by atoms with Gasteiger partial charge in [-0.15, -0.1) is 12.4 Å². The Morgan fingerprint density at radius 2 is 1.33 bits per heavy atom. The average molecular weight is 310 g/mol. The lowest BCUT2D eigenvalue weighted by atomic mass is 10.1. The number of hydrogen-bond donors (Lipinski definition) is 3. The van der Waals surface area contributed by atoms with E-state index < -0.39 is 18.6 Å². The van der Waals surface area contributed by atoms with Crippen molar-refractivity contribution in [3.8, 4) is 0 Å². The maximum atomic E-state index is 9.65. The van der Waals surface area contributed by atoms with E-state index in [1.807, 2.05) is 0 Å². The molecule has 0 aliphatic heterocycles. The number of aliphatic hydroxyl groups excluding tert-OH is 1. The van der Waals surface area contributed by atoms with Gasteiger partial charge < -0.3 is 15.9 Å². The first kappa shape index (κ1) is 19.1. The van der Waals surface area contributed by atoms with Gasteiger partial charge in [0.25, 0.3) is 0 Å². The van der Waals surface area contributed by atoms with Gasteiger partial charge in [0.15, 0.2) is 0 Å². The quantitative estimate of drug-likeness (QED) is 0.807. The van der Waals surface area contributed by atoms with E-state index in [0.717, 1.165) is 6.42 Å². The topological polar surface area (TPSA) is 83.5 Å². The second-order valence-electron chi connectivity index (χ2n) is 4.28. The second kappa shape index (κ2) is 10.9. The summed E-state index contributed by atoms with van der Waals surface area (Å²) in [4.78, 5) is 9.65. The molecule has 4 N–H and O–H groups in total. The summed E-state index contributed by atoms with van der Waals surface area (Å²) < 4.78 is 0. The van der Waals surface area contributed by atoms with Gasteiger partial charge in [0.2, 0.25) is 0 Å². The maximum Gasteiger partial charge on any atom is 0.322 e. The van der Waals surface area contributed by atoms with Gasteiger partial charge in [-0.1, -0.05) is 60.7 Å². The highest BCUT2D eigenvalue weighted by molar-refractivity contribution is 5.85. The Hall–Kier alpha value is -1.88. The molecule has 0 aliphatic carbocycles. The fraction of sp³-hybridized carbons (Fsp3) is 0.188. The summed E-state index contributed by atoms with van der Waals surface area (Å²) in [6.07, 6.45) is 1.03. The summed E-state index contributed by atoms with van der Waals surface area (Å²) in [6.45, 7) is -0.505. The smallest absolute Gasteiger partial charge is 0.322 e. The number of carboxylic acids is 1. The van der Waals surface area contributed by atoms with Crippen LogP contribution in [0, 0.1) is 0 Å². The van der Waals surface area contributed by atoms with E-state index in [4.69, 9.17) is 15.9 Å². The van der Waals surface area contributed by atoms with E-state index in [-0.39, 0.29) is 12.4 Å². The summed E-state index contributed by atoms with van der Waals surface area (Å²) in [6, 6.07) is 19.9. The molecule has 0 fully saturated rings. The van der Waals surface area contributed by atoms with Crippen molar-refractivity contribution in [3.05, 3.63) is 71.8 Å². The van der Waals surface area contributed by atoms with Gasteiger partial charge in [0, 0.05) is 0 Å². The van der Waals surface area contributed by atoms with Crippen molar-refractivity contribution in [3.63, 3.8) is 0 Å². The number of halogens is 1. The van der Waals surface area contributed by atoms with Crippen LogP contribution < -0.4 is 5.73 Å². The van der Waals surface area contributed by atoms with Gasteiger partial charge in [0.1, 0.15) is 6.04 Å². The Morgan fingerprint density at radius 3 is 1.57 bits per heavy atom. The number of nitrogens with two attached hydrogens (primary N) is 1. The standard InChI is InChI=1S/C13H12.C3H7NO3.ClH/c1-3-7-12(8-4-1)11-13-9-5-2-6-10-13;4-2(1-5)3(6)7;/h1-10H,11H2;2,5H,1,4H2,(H,6,7);1H. The van der Waals surface area contributed by atoms with Crippen LogP contribution in [0.5, 0.6) is 0 Å². The zero-order valence-corrected chi connectivity index (χ0v) is 12.4. The summed E-state index contributed by atoms with van der Waals surface area (Å²) in [5, 5.41) is 15.9. The molecule has 2 rings (SSSR count). The van der Waals surface area contributed by atoms with Crippen LogP contribution in [0.2, 0.25) is 0 Å². The molecule has 0 aromatic heterocycles. The highest BCUT2D eigenvalue weighted by atomic mass is 35.5. The van der Waals surface area contributed by atoms with Crippen molar-refractivity contribution in [2.45, 2.75) is 12.5 Å². The van der Waals surface area contributed by atoms with Gasteiger partial charge in [0.05, 0.1) is 6.61 Å². The Labute approximate surface area is 130 Å². The summed E-state index contributed by atoms with van der Waals surface area (Å²) in [5.41, 5.74) is 7.50. The molecule has 2 aromatic rings. The molecule has 0 spiro atoms. The van der Waals surface area contributed by atoms with Crippen LogP contribution >= 0.6 is 12.4 Å². The Kier molecular flexibility index (Phi) is 9.88. The number of aliphatic hydroxyl groups is 1. The lowest BCUT2D eigenvalue weighted by Crippen LogP contribution is -2.33. The molecular formula is C16H20ClNO3. The maximum absolute atomic E-state index is 9.65. The van der Waals surface area contributed by atoms with Crippen molar-refractivity contribution < 1.29 is 15.0 Å². The highest BCUT2D eigenvalue weighted by Gasteiger charge is 2.07. The van der Waals surface area contributed by atoms with E-state index >= 15 is 0 Å². The minimum Gasteiger partial charge on any atom is -0.480 e. The largest absolute Gasteiger partial charge is 0.480 e. The molecule has 5 heteroatoms. The third kappa shape index (κ3) is 8.09. The molecule has 1 atom stereocenters. The molecule has 0 saturated carbocycles. The first-order valence-electron chi connectivity index (χ1n) is 6.30. The normalized spacial score (nSPS) is 10.6. The van der Waals surface area contributed by atoms with Gasteiger partial charge in [-0.05, 0) is 17.5 Å². The second-order valence-corrected chi connectivity index (χ2v) is 4.28. The van der Waals surface area contributed by atoms with E-state index in [2.05, 4.69) is 60.7 Å². The van der Waals surface area contributed by atoms with Crippen LogP contribution in [0.15, 0.2) is 60.7 Å². The number of benzene rings is 2. The third-order valence-corrected chi connectivity index (χ3v) is 2.61. The van der Waals surface area contributed by atoms with Crippen LogP contribution in [0.1, 0.15) is 11.1 Å². The minimum atomic E-state index is -1.18. The number of aliphatic carboxylic acids is 1. The molecule has 0 radical (unpaired) electrons. The zero-order valence-electron chi connectivity index (χ0n) is 11.6. The lowest BCUT2D eigenvalue weighted by Gasteiger charge is -2.00. The molecule has 0 bridgehead atoms. The molecule has 4 nitrogen and oxygen atoms in total. The van der Waals surface area contributed by atoms with Crippen LogP contribution in [0.4, 0.5) is 0 Å². The predicted octanol–water partition coefficient (Wildman–Crippen LogP) is 2.09. The van der Waals surface area contributed by atoms with Crippen molar-refractivity contribution >= 4 is 18.4 Å². The minimum absolute atomic E-state index is 0. The van der Waals surface area contributed by atoms with Gasteiger partial charge in [-0.3, -0.25) is 4.79 Å². The highest BCUT2D eigenvalue weighted by Crippen LogP contribution is 2.07. The average Bonchev–Trinajstić information content (AvgIpc) is 2.49. The summed E-state index contributed by atoms with van der Waals surface area (Å²) in [5.74, 6) is -1.18. The first-order valence-corrected chi connectivity index (χ1v) is 6.30. The first-order chi connectivity index (χ1) is 9.63. The Balaban J connectivity index is 0.000000436. The van der Waals surface area contributed by atoms with E-state index in [0.29, 0.717) is 0 Å². The van der Waals surface area contributed by atoms with Crippen LogP contribution in [-0.2, 0) is 11.2 Å². The van der Waals surface area contributed by atoms with E-state index in [9.17, 15) is 4.79 Å². The van der Waals surface area contributed by atoms with Crippen molar-refractivity contribution in [1.82, 2.24) is 0 Å². The number of hydrogen-bond acceptors (Lipinski definition) is 3. The Bertz CT molecular complexity index is 468. The lowest BCUT2D eigenvalue weighted by molar-refractivity contribution is -0.139. The van der Waals surface area contributed by atoms with Crippen molar-refractivity contribution in [1.29, 1.82) is 0 Å². The number of carboxylic acid groups (broad SMARTS) is 1. The van der Waals surface area contributed by atoms with Crippen LogP contribution in [-0.4, -0.2) is 28.8 Å². The Morgan fingerprint density at radius 1 is 0.952 bits per heavy atom. The molecule has 21 heavy (non-hydrogen) atoms. The molecule has 0 saturated heterocycles. The van der Waals surface area contributed by atoms with Crippen LogP contribution in [0.3, 0.4) is 0 Å². The number of carbonyl (C=O) groups is 1. The molecule has 0 aliphatic rings. The molecule has 0 heterocycles. The fourth-order valence-corrected chi connectivity index (χ4v) is 1.51. The molecule has 114 valence electrons. The summed E-state index contributed by atoms with van der Waals surface area (Å²) in [7, 11) is 0. The van der Waals surface area contributed by atoms with Crippen molar-refractivity contribution in [2.24, 2.45) is 5.73 Å². The van der Waals surface area contributed by atoms with Gasteiger partial charge in [-0.25, -0.2) is 0 Å². The zero-order chi connectivity index (χ0) is 14.8. The van der Waals surface area contributed by atoms with Crippen LogP contribution in [0.25, 0.3) is 0 Å². The molecule has 2 aromatic carbocycles. The fourth-order valence-electron chi connectivity index (χ4n) is 1.51. The SMILES string of the molecule is Cl.NC(CO)C(=O)O.c1ccc(Cc2ccccc2)cc1. The van der Waals surface area contributed by atoms with Crippen molar-refractivity contribution in [2.75, 3.05) is 6.61 Å². The van der Waals surface area contributed by atoms with Gasteiger partial charge in [-0.2, -0.15) is 0 Å². The predicted molar refractivity (Wildman–Crippen MR) is 85.6 cm³/mol. The monoisotopic (exact) mass is 309 g/mol. The summed E-state index contributed by atoms with van der Waals surface area (Å²) >= 11 is 0. The molecule has 0 amide bonds. The third-order valence-electron chi connectivity index (χ3n) is 2.61. The van der Waals surface area contributed by atoms with E-state index in [1.165, 1.54) is 11.1 Å². The molecule has 1 unspecified atom stereocenters. The van der Waals surface area contributed by atoms with E-state index in [1.54, 1.807) is 0 Å².